The monoisotopic (exact) mass is 191 g/mol. The lowest BCUT2D eigenvalue weighted by Gasteiger charge is -2.34. The first-order valence-electron chi connectivity index (χ1n) is 4.94. The van der Waals surface area contributed by atoms with Gasteiger partial charge in [-0.2, -0.15) is 0 Å². The summed E-state index contributed by atoms with van der Waals surface area (Å²) in [7, 11) is 0. The highest BCUT2D eigenvalue weighted by Crippen LogP contribution is 2.32. The second-order valence-electron chi connectivity index (χ2n) is 4.70. The van der Waals surface area contributed by atoms with Crippen molar-refractivity contribution in [2.75, 3.05) is 11.4 Å². The molecule has 1 aromatic carbocycles. The molecule has 0 saturated carbocycles. The lowest BCUT2D eigenvalue weighted by atomic mass is 10.1. The van der Waals surface area contributed by atoms with Crippen molar-refractivity contribution in [3.63, 3.8) is 0 Å². The van der Waals surface area contributed by atoms with E-state index in [9.17, 15) is 0 Å². The highest BCUT2D eigenvalue weighted by atomic mass is 15.2. The predicted octanol–water partition coefficient (Wildman–Crippen LogP) is 3.48. The minimum Gasteiger partial charge on any atom is -0.366 e. The summed E-state index contributed by atoms with van der Waals surface area (Å²) < 4.78 is 0. The minimum absolute atomic E-state index is 0. The molecule has 1 nitrogen and oxygen atoms in total. The number of nitrogens with zero attached hydrogens (tertiary/aromatic N) is 1. The fraction of sp³-hybridized carbons (Fsp3) is 0.538. The van der Waals surface area contributed by atoms with Crippen LogP contribution in [0.15, 0.2) is 24.3 Å². The first-order valence-corrected chi connectivity index (χ1v) is 4.94. The van der Waals surface area contributed by atoms with Gasteiger partial charge >= 0.3 is 0 Å². The van der Waals surface area contributed by atoms with Crippen molar-refractivity contribution < 1.29 is 0 Å². The van der Waals surface area contributed by atoms with E-state index in [-0.39, 0.29) is 13.0 Å². The molecule has 0 atom stereocenters. The van der Waals surface area contributed by atoms with Gasteiger partial charge in [0.15, 0.2) is 0 Å². The quantitative estimate of drug-likeness (QED) is 0.607. The zero-order valence-corrected chi connectivity index (χ0v) is 8.67. The van der Waals surface area contributed by atoms with Gasteiger partial charge in [-0.05, 0) is 38.8 Å². The van der Waals surface area contributed by atoms with Gasteiger partial charge in [-0.15, -0.1) is 0 Å². The summed E-state index contributed by atoms with van der Waals surface area (Å²) in [6.45, 7) is 7.99. The van der Waals surface area contributed by atoms with Crippen LogP contribution < -0.4 is 4.90 Å². The van der Waals surface area contributed by atoms with E-state index in [1.807, 2.05) is 0 Å². The van der Waals surface area contributed by atoms with Crippen LogP contribution in [-0.4, -0.2) is 12.1 Å². The molecule has 1 aliphatic heterocycles. The molecule has 0 spiro atoms. The molecule has 0 aromatic heterocycles. The molecule has 1 aromatic rings. The van der Waals surface area contributed by atoms with E-state index in [1.165, 1.54) is 24.2 Å². The lowest BCUT2D eigenvalue weighted by molar-refractivity contribution is 0.518. The topological polar surface area (TPSA) is 3.24 Å². The third-order valence-electron chi connectivity index (χ3n) is 2.70. The van der Waals surface area contributed by atoms with Crippen molar-refractivity contribution in [3.8, 4) is 0 Å². The Labute approximate surface area is 87.7 Å². The number of rotatable bonds is 0. The molecular formula is C13H21N. The maximum atomic E-state index is 2.49. The number of hydrogen-bond acceptors (Lipinski definition) is 1. The van der Waals surface area contributed by atoms with Crippen LogP contribution in [0.25, 0.3) is 0 Å². The van der Waals surface area contributed by atoms with Gasteiger partial charge in [0, 0.05) is 17.8 Å². The largest absolute Gasteiger partial charge is 0.366 e. The lowest BCUT2D eigenvalue weighted by Crippen LogP contribution is -2.40. The zero-order chi connectivity index (χ0) is 9.47. The molecule has 0 amide bonds. The SMILES string of the molecule is C.CC(C)(C)N1CCc2ccccc21. The molecule has 14 heavy (non-hydrogen) atoms. The second kappa shape index (κ2) is 3.64. The summed E-state index contributed by atoms with van der Waals surface area (Å²) in [6, 6.07) is 8.72. The van der Waals surface area contributed by atoms with Crippen molar-refractivity contribution in [3.05, 3.63) is 29.8 Å². The van der Waals surface area contributed by atoms with Gasteiger partial charge in [-0.1, -0.05) is 25.6 Å². The Hall–Kier alpha value is -0.980. The highest BCUT2D eigenvalue weighted by Gasteiger charge is 2.27. The normalized spacial score (nSPS) is 14.9. The first kappa shape index (κ1) is 11.1. The fourth-order valence-electron chi connectivity index (χ4n) is 2.04. The minimum atomic E-state index is 0. The van der Waals surface area contributed by atoms with E-state index < -0.39 is 0 Å². The van der Waals surface area contributed by atoms with E-state index in [1.54, 1.807) is 0 Å². The Balaban J connectivity index is 0.000000980. The Kier molecular flexibility index (Phi) is 2.89. The molecule has 0 radical (unpaired) electrons. The summed E-state index contributed by atoms with van der Waals surface area (Å²) in [5, 5.41) is 0. The van der Waals surface area contributed by atoms with Crippen molar-refractivity contribution in [1.29, 1.82) is 0 Å². The van der Waals surface area contributed by atoms with Crippen molar-refractivity contribution in [2.45, 2.75) is 40.2 Å². The Bertz CT molecular complexity index is 309. The molecule has 0 saturated heterocycles. The van der Waals surface area contributed by atoms with Crippen LogP contribution in [-0.2, 0) is 6.42 Å². The van der Waals surface area contributed by atoms with E-state index in [0.717, 1.165) is 0 Å². The Morgan fingerprint density at radius 3 is 2.43 bits per heavy atom. The molecule has 1 heteroatoms. The van der Waals surface area contributed by atoms with E-state index in [4.69, 9.17) is 0 Å². The maximum Gasteiger partial charge on any atom is 0.0403 e. The number of benzene rings is 1. The summed E-state index contributed by atoms with van der Waals surface area (Å²) in [5.74, 6) is 0. The van der Waals surface area contributed by atoms with Crippen molar-refractivity contribution in [2.24, 2.45) is 0 Å². The van der Waals surface area contributed by atoms with E-state index in [2.05, 4.69) is 49.9 Å². The molecule has 0 bridgehead atoms. The highest BCUT2D eigenvalue weighted by molar-refractivity contribution is 5.59. The number of para-hydroxylation sites is 1. The number of anilines is 1. The number of hydrogen-bond donors (Lipinski definition) is 0. The molecule has 78 valence electrons. The van der Waals surface area contributed by atoms with Gasteiger partial charge in [0.1, 0.15) is 0 Å². The fourth-order valence-corrected chi connectivity index (χ4v) is 2.04. The van der Waals surface area contributed by atoms with Crippen LogP contribution >= 0.6 is 0 Å². The van der Waals surface area contributed by atoms with Gasteiger partial charge in [0.2, 0.25) is 0 Å². The van der Waals surface area contributed by atoms with Crippen molar-refractivity contribution >= 4 is 5.69 Å². The van der Waals surface area contributed by atoms with E-state index in [0.29, 0.717) is 0 Å². The van der Waals surface area contributed by atoms with Crippen LogP contribution in [0.3, 0.4) is 0 Å². The van der Waals surface area contributed by atoms with Crippen LogP contribution in [0, 0.1) is 0 Å². The van der Waals surface area contributed by atoms with Crippen LogP contribution in [0.1, 0.15) is 33.8 Å². The summed E-state index contributed by atoms with van der Waals surface area (Å²) in [6.07, 6.45) is 1.20. The van der Waals surface area contributed by atoms with Crippen molar-refractivity contribution in [1.82, 2.24) is 0 Å². The third kappa shape index (κ3) is 1.77. The summed E-state index contributed by atoms with van der Waals surface area (Å²) in [4.78, 5) is 2.49. The van der Waals surface area contributed by atoms with Crippen LogP contribution in [0.4, 0.5) is 5.69 Å². The van der Waals surface area contributed by atoms with Gasteiger partial charge in [0.05, 0.1) is 0 Å². The second-order valence-corrected chi connectivity index (χ2v) is 4.70. The van der Waals surface area contributed by atoms with Gasteiger partial charge in [-0.25, -0.2) is 0 Å². The molecule has 0 unspecified atom stereocenters. The van der Waals surface area contributed by atoms with Gasteiger partial charge < -0.3 is 4.90 Å². The smallest absolute Gasteiger partial charge is 0.0403 e. The van der Waals surface area contributed by atoms with Crippen LogP contribution in [0.5, 0.6) is 0 Å². The third-order valence-corrected chi connectivity index (χ3v) is 2.70. The van der Waals surface area contributed by atoms with Gasteiger partial charge in [-0.3, -0.25) is 0 Å². The molecule has 0 aliphatic carbocycles. The maximum absolute atomic E-state index is 2.49. The van der Waals surface area contributed by atoms with Crippen LogP contribution in [0.2, 0.25) is 0 Å². The number of fused-ring (bicyclic) bond motifs is 1. The molecule has 1 heterocycles. The molecule has 1 aliphatic rings. The summed E-state index contributed by atoms with van der Waals surface area (Å²) in [5.41, 5.74) is 3.18. The average molecular weight is 191 g/mol. The Morgan fingerprint density at radius 2 is 1.79 bits per heavy atom. The molecular weight excluding hydrogens is 170 g/mol. The molecule has 2 rings (SSSR count). The molecule has 0 fully saturated rings. The van der Waals surface area contributed by atoms with Gasteiger partial charge in [0.25, 0.3) is 0 Å². The standard InChI is InChI=1S/C12H17N.CH4/c1-12(2,3)13-9-8-10-6-4-5-7-11(10)13;/h4-7H,8-9H2,1-3H3;1H4. The summed E-state index contributed by atoms with van der Waals surface area (Å²) >= 11 is 0. The molecule has 0 N–H and O–H groups in total. The first-order chi connectivity index (χ1) is 6.09. The van der Waals surface area contributed by atoms with E-state index >= 15 is 0 Å². The predicted molar refractivity (Wildman–Crippen MR) is 64.0 cm³/mol. The Morgan fingerprint density at radius 1 is 1.14 bits per heavy atom. The zero-order valence-electron chi connectivity index (χ0n) is 8.67. The average Bonchev–Trinajstić information content (AvgIpc) is 2.45.